The van der Waals surface area contributed by atoms with Crippen LogP contribution in [-0.4, -0.2) is 22.1 Å². The smallest absolute Gasteiger partial charge is 0.251 e. The number of hydrogen-bond donors (Lipinski definition) is 1. The van der Waals surface area contributed by atoms with Gasteiger partial charge in [-0.2, -0.15) is 10.2 Å². The molecule has 0 saturated carbocycles. The SMILES string of the molecule is CCc1cc2ccc(C(C)(C#N)Cc3cc(OC)nc(C)n3)cc2[nH]c1=O. The molecule has 6 heteroatoms. The Labute approximate surface area is 157 Å². The molecule has 1 atom stereocenters. The molecule has 0 aliphatic heterocycles. The largest absolute Gasteiger partial charge is 0.481 e. The van der Waals surface area contributed by atoms with E-state index in [-0.39, 0.29) is 5.56 Å². The highest BCUT2D eigenvalue weighted by molar-refractivity contribution is 5.80. The van der Waals surface area contributed by atoms with Gasteiger partial charge in [-0.25, -0.2) is 4.98 Å². The second-order valence-corrected chi connectivity index (χ2v) is 6.85. The number of methoxy groups -OCH3 is 1. The third kappa shape index (κ3) is 3.68. The Morgan fingerprint density at radius 2 is 2.04 bits per heavy atom. The minimum absolute atomic E-state index is 0.0861. The Morgan fingerprint density at radius 1 is 1.26 bits per heavy atom. The van der Waals surface area contributed by atoms with Gasteiger partial charge >= 0.3 is 0 Å². The Bertz CT molecular complexity index is 1100. The number of rotatable bonds is 5. The lowest BCUT2D eigenvalue weighted by Gasteiger charge is -2.22. The fraction of sp³-hybridized carbons (Fsp3) is 0.333. The molecule has 0 fully saturated rings. The van der Waals surface area contributed by atoms with Gasteiger partial charge in [0, 0.05) is 29.3 Å². The number of hydrogen-bond acceptors (Lipinski definition) is 5. The molecule has 3 rings (SSSR count). The van der Waals surface area contributed by atoms with Crippen molar-refractivity contribution in [2.45, 2.75) is 39.0 Å². The highest BCUT2D eigenvalue weighted by atomic mass is 16.5. The first-order chi connectivity index (χ1) is 12.9. The van der Waals surface area contributed by atoms with Gasteiger partial charge in [-0.15, -0.1) is 0 Å². The molecule has 0 radical (unpaired) electrons. The summed E-state index contributed by atoms with van der Waals surface area (Å²) < 4.78 is 5.21. The van der Waals surface area contributed by atoms with Gasteiger partial charge in [-0.3, -0.25) is 4.79 Å². The minimum atomic E-state index is -0.805. The standard InChI is InChI=1S/C21H22N4O2/c1-5-14-8-15-6-7-16(9-18(15)25-20(14)26)21(3,12-22)11-17-10-19(27-4)24-13(2)23-17/h6-10H,5,11H2,1-4H3,(H,25,26). The van der Waals surface area contributed by atoms with E-state index in [2.05, 4.69) is 21.0 Å². The number of benzene rings is 1. The summed E-state index contributed by atoms with van der Waals surface area (Å²) in [6, 6.07) is 11.8. The summed E-state index contributed by atoms with van der Waals surface area (Å²) >= 11 is 0. The van der Waals surface area contributed by atoms with E-state index < -0.39 is 5.41 Å². The number of H-pyrrole nitrogens is 1. The average molecular weight is 362 g/mol. The minimum Gasteiger partial charge on any atom is -0.481 e. The van der Waals surface area contributed by atoms with Crippen molar-refractivity contribution in [2.75, 3.05) is 7.11 Å². The monoisotopic (exact) mass is 362 g/mol. The molecular weight excluding hydrogens is 340 g/mol. The van der Waals surface area contributed by atoms with Crippen LogP contribution in [0.15, 0.2) is 35.1 Å². The first-order valence-electron chi connectivity index (χ1n) is 8.85. The molecule has 0 aliphatic rings. The van der Waals surface area contributed by atoms with Crippen LogP contribution >= 0.6 is 0 Å². The fourth-order valence-corrected chi connectivity index (χ4v) is 3.21. The van der Waals surface area contributed by atoms with E-state index in [0.717, 1.165) is 27.7 Å². The van der Waals surface area contributed by atoms with Crippen molar-refractivity contribution in [1.29, 1.82) is 5.26 Å². The van der Waals surface area contributed by atoms with Gasteiger partial charge < -0.3 is 9.72 Å². The van der Waals surface area contributed by atoms with Crippen molar-refractivity contribution in [1.82, 2.24) is 15.0 Å². The van der Waals surface area contributed by atoms with E-state index >= 15 is 0 Å². The van der Waals surface area contributed by atoms with Gasteiger partial charge in [0.05, 0.1) is 18.6 Å². The zero-order valence-electron chi connectivity index (χ0n) is 16.0. The lowest BCUT2D eigenvalue weighted by molar-refractivity contribution is 0.394. The van der Waals surface area contributed by atoms with Crippen molar-refractivity contribution in [2.24, 2.45) is 0 Å². The summed E-state index contributed by atoms with van der Waals surface area (Å²) in [4.78, 5) is 23.7. The highest BCUT2D eigenvalue weighted by Gasteiger charge is 2.28. The van der Waals surface area contributed by atoms with E-state index in [0.29, 0.717) is 24.5 Å². The van der Waals surface area contributed by atoms with Crippen LogP contribution in [0.1, 0.15) is 36.5 Å². The van der Waals surface area contributed by atoms with E-state index in [1.54, 1.807) is 20.1 Å². The predicted octanol–water partition coefficient (Wildman–Crippen LogP) is 3.22. The first-order valence-corrected chi connectivity index (χ1v) is 8.85. The Balaban J connectivity index is 2.05. The Hall–Kier alpha value is -3.20. The second-order valence-electron chi connectivity index (χ2n) is 6.85. The number of aromatic nitrogens is 3. The van der Waals surface area contributed by atoms with Crippen LogP contribution in [0, 0.1) is 18.3 Å². The number of nitrogens with one attached hydrogen (secondary N) is 1. The molecule has 2 heterocycles. The van der Waals surface area contributed by atoms with Crippen LogP contribution in [0.3, 0.4) is 0 Å². The fourth-order valence-electron chi connectivity index (χ4n) is 3.21. The van der Waals surface area contributed by atoms with Crippen LogP contribution in [0.2, 0.25) is 0 Å². The summed E-state index contributed by atoms with van der Waals surface area (Å²) in [5.41, 5.74) is 2.15. The van der Waals surface area contributed by atoms with Crippen LogP contribution < -0.4 is 10.3 Å². The molecule has 2 aromatic heterocycles. The summed E-state index contributed by atoms with van der Waals surface area (Å²) in [5, 5.41) is 10.9. The Kier molecular flexibility index (Phi) is 4.95. The van der Waals surface area contributed by atoms with E-state index in [1.165, 1.54) is 0 Å². The van der Waals surface area contributed by atoms with E-state index in [4.69, 9.17) is 4.74 Å². The first kappa shape index (κ1) is 18.6. The normalized spacial score (nSPS) is 13.1. The molecule has 1 unspecified atom stereocenters. The molecule has 0 aliphatic carbocycles. The number of aromatic amines is 1. The summed E-state index contributed by atoms with van der Waals surface area (Å²) in [6.45, 7) is 5.62. The maximum Gasteiger partial charge on any atom is 0.251 e. The topological polar surface area (TPSA) is 91.7 Å². The van der Waals surface area contributed by atoms with Crippen LogP contribution in [0.5, 0.6) is 5.88 Å². The maximum absolute atomic E-state index is 12.1. The second kappa shape index (κ2) is 7.20. The third-order valence-corrected chi connectivity index (χ3v) is 4.80. The molecule has 138 valence electrons. The molecule has 0 spiro atoms. The van der Waals surface area contributed by atoms with Crippen molar-refractivity contribution >= 4 is 10.9 Å². The summed E-state index contributed by atoms with van der Waals surface area (Å²) in [6.07, 6.45) is 1.09. The Morgan fingerprint density at radius 3 is 2.70 bits per heavy atom. The van der Waals surface area contributed by atoms with Gasteiger partial charge in [0.1, 0.15) is 5.82 Å². The van der Waals surface area contributed by atoms with Crippen molar-refractivity contribution in [3.05, 3.63) is 63.3 Å². The van der Waals surface area contributed by atoms with E-state index in [1.807, 2.05) is 38.1 Å². The van der Waals surface area contributed by atoms with Crippen molar-refractivity contribution in [3.8, 4) is 11.9 Å². The number of fused-ring (bicyclic) bond motifs is 1. The lowest BCUT2D eigenvalue weighted by Crippen LogP contribution is -2.24. The molecule has 27 heavy (non-hydrogen) atoms. The molecular formula is C21H22N4O2. The number of nitriles is 1. The quantitative estimate of drug-likeness (QED) is 0.752. The van der Waals surface area contributed by atoms with Gasteiger partial charge in [-0.05, 0) is 43.4 Å². The van der Waals surface area contributed by atoms with Gasteiger partial charge in [0.2, 0.25) is 5.88 Å². The lowest BCUT2D eigenvalue weighted by atomic mass is 9.79. The third-order valence-electron chi connectivity index (χ3n) is 4.80. The molecule has 3 aromatic rings. The van der Waals surface area contributed by atoms with Crippen LogP contribution in [0.4, 0.5) is 0 Å². The summed E-state index contributed by atoms with van der Waals surface area (Å²) in [5.74, 6) is 1.08. The number of pyridine rings is 1. The molecule has 0 amide bonds. The van der Waals surface area contributed by atoms with Gasteiger partial charge in [-0.1, -0.05) is 19.1 Å². The van der Waals surface area contributed by atoms with Crippen LogP contribution in [0.25, 0.3) is 10.9 Å². The zero-order chi connectivity index (χ0) is 19.6. The van der Waals surface area contributed by atoms with Crippen molar-refractivity contribution < 1.29 is 4.74 Å². The van der Waals surface area contributed by atoms with Crippen molar-refractivity contribution in [3.63, 3.8) is 0 Å². The molecule has 0 saturated heterocycles. The summed E-state index contributed by atoms with van der Waals surface area (Å²) in [7, 11) is 1.55. The molecule has 1 aromatic carbocycles. The molecule has 0 bridgehead atoms. The molecule has 6 nitrogen and oxygen atoms in total. The highest BCUT2D eigenvalue weighted by Crippen LogP contribution is 2.30. The predicted molar refractivity (Wildman–Crippen MR) is 104 cm³/mol. The number of ether oxygens (including phenoxy) is 1. The van der Waals surface area contributed by atoms with Gasteiger partial charge in [0.25, 0.3) is 5.56 Å². The zero-order valence-corrected chi connectivity index (χ0v) is 16.0. The maximum atomic E-state index is 12.1. The van der Waals surface area contributed by atoms with Gasteiger partial charge in [0.15, 0.2) is 0 Å². The van der Waals surface area contributed by atoms with E-state index in [9.17, 15) is 10.1 Å². The molecule has 1 N–H and O–H groups in total. The number of nitrogens with zero attached hydrogens (tertiary/aromatic N) is 3. The van der Waals surface area contributed by atoms with Crippen LogP contribution in [-0.2, 0) is 18.3 Å². The number of aryl methyl sites for hydroxylation is 2. The average Bonchev–Trinajstić information content (AvgIpc) is 2.66.